The first kappa shape index (κ1) is 25.7. The molecule has 2 aliphatic heterocycles. The van der Waals surface area contributed by atoms with E-state index in [2.05, 4.69) is 28.7 Å². The van der Waals surface area contributed by atoms with Gasteiger partial charge in [-0.2, -0.15) is 4.98 Å². The van der Waals surface area contributed by atoms with Gasteiger partial charge in [-0.3, -0.25) is 4.98 Å². The van der Waals surface area contributed by atoms with Crippen LogP contribution in [-0.4, -0.2) is 38.7 Å². The molecule has 0 amide bonds. The topological polar surface area (TPSA) is 73.1 Å². The van der Waals surface area contributed by atoms with E-state index in [1.807, 2.05) is 19.9 Å². The molecule has 1 aromatic carbocycles. The van der Waals surface area contributed by atoms with Crippen LogP contribution >= 0.6 is 11.6 Å². The van der Waals surface area contributed by atoms with Crippen molar-refractivity contribution in [2.75, 3.05) is 18.1 Å². The molecule has 39 heavy (non-hydrogen) atoms. The van der Waals surface area contributed by atoms with Gasteiger partial charge >= 0.3 is 5.69 Å². The second-order valence-corrected chi connectivity index (χ2v) is 11.4. The molecule has 0 radical (unpaired) electrons. The molecule has 5 heterocycles. The van der Waals surface area contributed by atoms with Gasteiger partial charge in [0.05, 0.1) is 39.7 Å². The largest absolute Gasteiger partial charge is 0.492 e. The van der Waals surface area contributed by atoms with Gasteiger partial charge in [-0.05, 0) is 61.4 Å². The van der Waals surface area contributed by atoms with E-state index in [1.54, 1.807) is 29.0 Å². The zero-order chi connectivity index (χ0) is 27.4. The van der Waals surface area contributed by atoms with Crippen molar-refractivity contribution in [2.45, 2.75) is 58.9 Å². The number of aromatic nitrogens is 4. The maximum Gasteiger partial charge on any atom is 0.355 e. The molecular weight excluding hydrogens is 517 g/mol. The summed E-state index contributed by atoms with van der Waals surface area (Å²) in [5.41, 5.74) is 2.61. The monoisotopic (exact) mass is 547 g/mol. The fourth-order valence-electron chi connectivity index (χ4n) is 5.81. The molecule has 9 heteroatoms. The number of halogens is 2. The van der Waals surface area contributed by atoms with E-state index in [4.69, 9.17) is 21.3 Å². The molecule has 0 saturated carbocycles. The van der Waals surface area contributed by atoms with Gasteiger partial charge in [0.15, 0.2) is 5.65 Å². The Balaban J connectivity index is 1.76. The predicted octanol–water partition coefficient (Wildman–Crippen LogP) is 6.32. The molecule has 2 bridgehead atoms. The van der Waals surface area contributed by atoms with E-state index in [0.29, 0.717) is 40.6 Å². The third-order valence-electron chi connectivity index (χ3n) is 7.84. The number of anilines is 1. The number of hydrogen-bond donors (Lipinski definition) is 0. The van der Waals surface area contributed by atoms with E-state index in [0.717, 1.165) is 30.6 Å². The number of pyridine rings is 2. The number of piperidine rings is 1. The van der Waals surface area contributed by atoms with Crippen LogP contribution in [0, 0.1) is 11.7 Å². The van der Waals surface area contributed by atoms with Crippen LogP contribution in [0.2, 0.25) is 5.02 Å². The third kappa shape index (κ3) is 4.35. The van der Waals surface area contributed by atoms with Gasteiger partial charge in [0.25, 0.3) is 0 Å². The van der Waals surface area contributed by atoms with Crippen LogP contribution in [0.15, 0.2) is 41.3 Å². The standard InChI is InChI=1S/C30H31ClFN5O2/c1-16(2)25-27-19(10-12-33-25)11-13-39-23-7-5-6-22(32)24(23)26-21(31)14-20-28(35-30(38)37(27)29(20)34-26)36-15-17(3)8-9-18(36)4/h5-7,10,12,14,16-18H,8-9,11,13,15H2,1-4H3/t17-,18-/m0/s1. The highest BCUT2D eigenvalue weighted by atomic mass is 35.5. The predicted molar refractivity (Wildman–Crippen MR) is 152 cm³/mol. The number of benzene rings is 1. The van der Waals surface area contributed by atoms with E-state index in [9.17, 15) is 4.79 Å². The van der Waals surface area contributed by atoms with Crippen LogP contribution < -0.4 is 15.3 Å². The summed E-state index contributed by atoms with van der Waals surface area (Å²) >= 11 is 6.86. The zero-order valence-corrected chi connectivity index (χ0v) is 23.3. The Kier molecular flexibility index (Phi) is 6.53. The number of nitrogens with zero attached hydrogens (tertiary/aromatic N) is 5. The molecule has 1 saturated heterocycles. The summed E-state index contributed by atoms with van der Waals surface area (Å²) in [6, 6.07) is 8.54. The summed E-state index contributed by atoms with van der Waals surface area (Å²) in [4.78, 5) is 30.5. The summed E-state index contributed by atoms with van der Waals surface area (Å²) < 4.78 is 23.0. The quantitative estimate of drug-likeness (QED) is 0.292. The normalized spacial score (nSPS) is 19.0. The van der Waals surface area contributed by atoms with Crippen molar-refractivity contribution in [2.24, 2.45) is 5.92 Å². The van der Waals surface area contributed by atoms with Crippen LogP contribution in [0.5, 0.6) is 5.75 Å². The zero-order valence-electron chi connectivity index (χ0n) is 22.5. The van der Waals surface area contributed by atoms with E-state index >= 15 is 4.39 Å². The van der Waals surface area contributed by atoms with Crippen molar-refractivity contribution in [3.8, 4) is 22.7 Å². The Bertz CT molecular complexity index is 1650. The fourth-order valence-corrected chi connectivity index (χ4v) is 6.05. The average Bonchev–Trinajstić information content (AvgIpc) is 2.92. The summed E-state index contributed by atoms with van der Waals surface area (Å²) in [7, 11) is 0. The van der Waals surface area contributed by atoms with Crippen LogP contribution in [0.4, 0.5) is 10.2 Å². The summed E-state index contributed by atoms with van der Waals surface area (Å²) in [5, 5.41) is 0.907. The molecule has 7 nitrogen and oxygen atoms in total. The minimum absolute atomic E-state index is 0.0250. The molecule has 0 spiro atoms. The highest BCUT2D eigenvalue weighted by Crippen LogP contribution is 2.40. The molecule has 0 N–H and O–H groups in total. The highest BCUT2D eigenvalue weighted by molar-refractivity contribution is 6.34. The lowest BCUT2D eigenvalue weighted by Gasteiger charge is -2.38. The SMILES string of the molecule is CC(C)c1nccc2c1-n1c(=O)nc(N3C[C@@H](C)CC[C@@H]3C)c3cc(Cl)c(nc31)-c1c(F)cccc1OCC2. The Morgan fingerprint density at radius 2 is 1.97 bits per heavy atom. The minimum Gasteiger partial charge on any atom is -0.492 e. The summed E-state index contributed by atoms with van der Waals surface area (Å²) in [5.74, 6) is 0.892. The van der Waals surface area contributed by atoms with Crippen LogP contribution in [0.25, 0.3) is 28.0 Å². The maximum absolute atomic E-state index is 15.4. The van der Waals surface area contributed by atoms with E-state index < -0.39 is 11.5 Å². The first-order chi connectivity index (χ1) is 18.7. The van der Waals surface area contributed by atoms with E-state index in [-0.39, 0.29) is 34.8 Å². The van der Waals surface area contributed by atoms with Crippen molar-refractivity contribution in [1.82, 2.24) is 19.5 Å². The molecule has 1 fully saturated rings. The Morgan fingerprint density at radius 1 is 1.15 bits per heavy atom. The molecular formula is C30H31ClFN5O2. The van der Waals surface area contributed by atoms with Crippen molar-refractivity contribution < 1.29 is 9.13 Å². The smallest absolute Gasteiger partial charge is 0.355 e. The molecule has 6 rings (SSSR count). The Morgan fingerprint density at radius 3 is 2.77 bits per heavy atom. The minimum atomic E-state index is -0.496. The van der Waals surface area contributed by atoms with Gasteiger partial charge in [0.1, 0.15) is 17.4 Å². The molecule has 0 unspecified atom stereocenters. The molecule has 202 valence electrons. The van der Waals surface area contributed by atoms with Crippen LogP contribution in [0.1, 0.15) is 57.7 Å². The Labute approximate surface area is 231 Å². The van der Waals surface area contributed by atoms with Gasteiger partial charge in [-0.25, -0.2) is 18.7 Å². The number of ether oxygens (including phenoxy) is 1. The first-order valence-corrected chi connectivity index (χ1v) is 13.9. The van der Waals surface area contributed by atoms with Crippen LogP contribution in [-0.2, 0) is 6.42 Å². The van der Waals surface area contributed by atoms with Crippen molar-refractivity contribution in [3.05, 3.63) is 69.1 Å². The second-order valence-electron chi connectivity index (χ2n) is 11.0. The average molecular weight is 548 g/mol. The van der Waals surface area contributed by atoms with Gasteiger partial charge in [-0.1, -0.05) is 38.4 Å². The van der Waals surface area contributed by atoms with Gasteiger partial charge in [0.2, 0.25) is 0 Å². The van der Waals surface area contributed by atoms with Gasteiger partial charge in [0, 0.05) is 25.2 Å². The highest BCUT2D eigenvalue weighted by Gasteiger charge is 2.30. The first-order valence-electron chi connectivity index (χ1n) is 13.5. The molecule has 2 atom stereocenters. The second kappa shape index (κ2) is 9.90. The fraction of sp³-hybridized carbons (Fsp3) is 0.400. The lowest BCUT2D eigenvalue weighted by molar-refractivity contribution is 0.321. The molecule has 2 aliphatic rings. The summed E-state index contributed by atoms with van der Waals surface area (Å²) in [6.45, 7) is 9.47. The van der Waals surface area contributed by atoms with Crippen molar-refractivity contribution in [1.29, 1.82) is 0 Å². The van der Waals surface area contributed by atoms with Crippen molar-refractivity contribution >= 4 is 28.5 Å². The molecule has 4 aromatic rings. The van der Waals surface area contributed by atoms with Gasteiger partial charge < -0.3 is 9.64 Å². The maximum atomic E-state index is 15.4. The Hall–Kier alpha value is -3.52. The number of rotatable bonds is 2. The number of hydrogen-bond acceptors (Lipinski definition) is 6. The summed E-state index contributed by atoms with van der Waals surface area (Å²) in [6.07, 6.45) is 4.34. The van der Waals surface area contributed by atoms with E-state index in [1.165, 1.54) is 6.07 Å². The molecule has 3 aromatic heterocycles. The van der Waals surface area contributed by atoms with Crippen LogP contribution in [0.3, 0.4) is 0 Å². The lowest BCUT2D eigenvalue weighted by Crippen LogP contribution is -2.43. The lowest BCUT2D eigenvalue weighted by atomic mass is 9.95. The third-order valence-corrected chi connectivity index (χ3v) is 8.13. The number of fused-ring (bicyclic) bond motifs is 5. The van der Waals surface area contributed by atoms with Gasteiger partial charge in [-0.15, -0.1) is 0 Å². The van der Waals surface area contributed by atoms with Crippen molar-refractivity contribution in [3.63, 3.8) is 0 Å². The molecule has 0 aliphatic carbocycles.